The third kappa shape index (κ3) is 9.23. The van der Waals surface area contributed by atoms with E-state index in [9.17, 15) is 19.2 Å². The molecule has 4 N–H and O–H groups in total. The van der Waals surface area contributed by atoms with Crippen molar-refractivity contribution < 1.29 is 54.7 Å². The second kappa shape index (κ2) is 15.4. The van der Waals surface area contributed by atoms with Crippen LogP contribution in [0.4, 0.5) is 0 Å². The van der Waals surface area contributed by atoms with Gasteiger partial charge in [0.2, 0.25) is 0 Å². The Kier molecular flexibility index (Phi) is 12.3. The zero-order chi connectivity index (χ0) is 29.8. The van der Waals surface area contributed by atoms with Crippen LogP contribution < -0.4 is 0 Å². The van der Waals surface area contributed by atoms with Crippen LogP contribution in [-0.2, 0) is 19.9 Å². The Morgan fingerprint density at radius 2 is 1.18 bits per heavy atom. The summed E-state index contributed by atoms with van der Waals surface area (Å²) >= 11 is -0.346. The van der Waals surface area contributed by atoms with Gasteiger partial charge in [0.1, 0.15) is 0 Å². The molecule has 0 aromatic carbocycles. The summed E-state index contributed by atoms with van der Waals surface area (Å²) in [6.07, 6.45) is 8.74. The third-order valence-electron chi connectivity index (χ3n) is 5.12. The summed E-state index contributed by atoms with van der Waals surface area (Å²) in [7, 11) is 11.5. The molecule has 1 atom stereocenters. The van der Waals surface area contributed by atoms with Crippen LogP contribution >= 0.6 is 19.4 Å². The van der Waals surface area contributed by atoms with E-state index in [2.05, 4.69) is 15.0 Å². The molecule has 3 aromatic rings. The van der Waals surface area contributed by atoms with Crippen LogP contribution in [0.5, 0.6) is 0 Å². The molecule has 15 heteroatoms. The normalized spacial score (nSPS) is 13.6. The summed E-state index contributed by atoms with van der Waals surface area (Å²) in [6.45, 7) is 0. The Balaban J connectivity index is 0.000000256. The summed E-state index contributed by atoms with van der Waals surface area (Å²) in [5.41, 5.74) is 1.55. The number of aliphatic carboxylic acids is 1. The average molecular weight is 676 g/mol. The number of rotatable bonds is 6. The van der Waals surface area contributed by atoms with E-state index in [1.54, 1.807) is 18.1 Å². The Morgan fingerprint density at radius 1 is 0.750 bits per heavy atom. The summed E-state index contributed by atoms with van der Waals surface area (Å²) in [5, 5.41) is 35.6. The van der Waals surface area contributed by atoms with Crippen molar-refractivity contribution in [2.45, 2.75) is 6.04 Å². The standard InChI is InChI=1S/C13H12N2O4.C12H8N2O4.2ClH.Ru/c1-15-5-3-9(13(18)19)7-11(15)10-6-8(12(16)17)2-4-14-10;15-11(16)7-1-3-13-9(5-7)10-6-8(12(17)18)2-4-14-10;;;/h2-7,11H,1H3,(H,16,17)(H,18,19);1-6H,(H,15,16)(H,17,18);2*1H;/q;;;;+2/p-2. The fourth-order valence-corrected chi connectivity index (χ4v) is 3.22. The summed E-state index contributed by atoms with van der Waals surface area (Å²) < 4.78 is 0. The van der Waals surface area contributed by atoms with Gasteiger partial charge in [-0.25, -0.2) is 19.2 Å². The first-order valence-electron chi connectivity index (χ1n) is 10.8. The number of carbonyl (C=O) groups is 4. The van der Waals surface area contributed by atoms with Crippen LogP contribution in [-0.4, -0.2) is 71.2 Å². The Hall–Kier alpha value is -4.19. The Labute approximate surface area is 242 Å². The molecule has 210 valence electrons. The van der Waals surface area contributed by atoms with Crippen LogP contribution in [0.15, 0.2) is 78.9 Å². The SMILES string of the molecule is CN1C=CC(C(=O)O)=CC1c1cc(C(=O)O)ccn1.O=C(O)c1ccnc(-c2cc(C(=O)O)ccn2)c1.[Cl][Ru][Cl]. The molecule has 3 aromatic heterocycles. The molecular weight excluding hydrogens is 656 g/mol. The molecular formula is C25H20Cl2N4O8Ru. The van der Waals surface area contributed by atoms with Crippen molar-refractivity contribution in [1.29, 1.82) is 0 Å². The van der Waals surface area contributed by atoms with Gasteiger partial charge in [-0.1, -0.05) is 0 Å². The van der Waals surface area contributed by atoms with E-state index in [-0.39, 0.29) is 37.4 Å². The number of aromatic nitrogens is 3. The van der Waals surface area contributed by atoms with Crippen LogP contribution in [0, 0.1) is 0 Å². The number of hydrogen-bond donors (Lipinski definition) is 4. The molecule has 12 nitrogen and oxygen atoms in total. The molecule has 0 spiro atoms. The second-order valence-electron chi connectivity index (χ2n) is 7.65. The predicted molar refractivity (Wildman–Crippen MR) is 140 cm³/mol. The average Bonchev–Trinajstić information content (AvgIpc) is 2.94. The van der Waals surface area contributed by atoms with Gasteiger partial charge < -0.3 is 25.3 Å². The molecule has 1 aliphatic rings. The summed E-state index contributed by atoms with van der Waals surface area (Å²) in [4.78, 5) is 57.3. The number of carboxylic acids is 4. The molecule has 0 amide bonds. The minimum absolute atomic E-state index is 0.0718. The van der Waals surface area contributed by atoms with Crippen LogP contribution in [0.25, 0.3) is 11.4 Å². The zero-order valence-electron chi connectivity index (χ0n) is 20.3. The van der Waals surface area contributed by atoms with Crippen LogP contribution in [0.1, 0.15) is 42.8 Å². The number of halogens is 2. The van der Waals surface area contributed by atoms with E-state index < -0.39 is 29.9 Å². The van der Waals surface area contributed by atoms with Crippen molar-refractivity contribution in [2.75, 3.05) is 7.05 Å². The molecule has 0 saturated carbocycles. The van der Waals surface area contributed by atoms with E-state index in [4.69, 9.17) is 39.8 Å². The number of pyridine rings is 3. The first-order valence-corrected chi connectivity index (χ1v) is 15.2. The molecule has 0 radical (unpaired) electrons. The molecule has 0 fully saturated rings. The van der Waals surface area contributed by atoms with Gasteiger partial charge in [0, 0.05) is 31.8 Å². The number of aromatic carboxylic acids is 3. The molecule has 0 aliphatic carbocycles. The molecule has 1 unspecified atom stereocenters. The fourth-order valence-electron chi connectivity index (χ4n) is 3.22. The van der Waals surface area contributed by atoms with Gasteiger partial charge in [0.15, 0.2) is 0 Å². The van der Waals surface area contributed by atoms with Gasteiger partial charge in [-0.15, -0.1) is 0 Å². The Morgan fingerprint density at radius 3 is 1.60 bits per heavy atom. The van der Waals surface area contributed by atoms with Crippen molar-refractivity contribution in [2.24, 2.45) is 0 Å². The fraction of sp³-hybridized carbons (Fsp3) is 0.0800. The number of likely N-dealkylation sites (N-methyl/N-ethyl adjacent to an activating group) is 1. The van der Waals surface area contributed by atoms with Crippen molar-refractivity contribution in [3.8, 4) is 11.4 Å². The van der Waals surface area contributed by atoms with Crippen molar-refractivity contribution >= 4 is 43.3 Å². The van der Waals surface area contributed by atoms with Gasteiger partial charge in [0.05, 0.1) is 45.4 Å². The number of carboxylic acid groups (broad SMARTS) is 4. The van der Waals surface area contributed by atoms with Gasteiger partial charge in [-0.05, 0) is 48.6 Å². The van der Waals surface area contributed by atoms with Crippen molar-refractivity contribution in [3.63, 3.8) is 0 Å². The molecule has 40 heavy (non-hydrogen) atoms. The third-order valence-corrected chi connectivity index (χ3v) is 5.12. The Bertz CT molecular complexity index is 1410. The van der Waals surface area contributed by atoms with E-state index in [0.717, 1.165) is 0 Å². The first-order chi connectivity index (χ1) is 19.0. The van der Waals surface area contributed by atoms with Gasteiger partial charge in [-0.3, -0.25) is 15.0 Å². The molecule has 0 saturated heterocycles. The number of nitrogens with zero attached hydrogens (tertiary/aromatic N) is 4. The van der Waals surface area contributed by atoms with Crippen molar-refractivity contribution in [3.05, 3.63) is 101 Å². The molecule has 4 rings (SSSR count). The number of hydrogen-bond acceptors (Lipinski definition) is 8. The van der Waals surface area contributed by atoms with Crippen LogP contribution in [0.3, 0.4) is 0 Å². The van der Waals surface area contributed by atoms with Crippen LogP contribution in [0.2, 0.25) is 0 Å². The maximum atomic E-state index is 11.0. The van der Waals surface area contributed by atoms with Gasteiger partial charge in [-0.2, -0.15) is 0 Å². The zero-order valence-corrected chi connectivity index (χ0v) is 23.6. The maximum absolute atomic E-state index is 11.0. The monoisotopic (exact) mass is 676 g/mol. The molecule has 4 heterocycles. The van der Waals surface area contributed by atoms with E-state index in [0.29, 0.717) is 17.1 Å². The van der Waals surface area contributed by atoms with E-state index in [1.807, 2.05) is 0 Å². The van der Waals surface area contributed by atoms with Crippen molar-refractivity contribution in [1.82, 2.24) is 19.9 Å². The predicted octanol–water partition coefficient (Wildman–Crippen LogP) is 4.21. The second-order valence-corrected chi connectivity index (χ2v) is 10.3. The minimum atomic E-state index is -1.08. The van der Waals surface area contributed by atoms with Gasteiger partial charge >= 0.3 is 58.4 Å². The molecule has 0 bridgehead atoms. The quantitative estimate of drug-likeness (QED) is 0.273. The summed E-state index contributed by atoms with van der Waals surface area (Å²) in [5.74, 6) is -4.22. The first kappa shape index (κ1) is 32.0. The topological polar surface area (TPSA) is 191 Å². The van der Waals surface area contributed by atoms with Gasteiger partial charge in [0.25, 0.3) is 0 Å². The summed E-state index contributed by atoms with van der Waals surface area (Å²) in [6, 6.07) is 7.84. The van der Waals surface area contributed by atoms with E-state index in [1.165, 1.54) is 67.1 Å². The van der Waals surface area contributed by atoms with E-state index >= 15 is 0 Å². The molecule has 1 aliphatic heterocycles.